The summed E-state index contributed by atoms with van der Waals surface area (Å²) in [5.41, 5.74) is 0.852. The first-order valence-electron chi connectivity index (χ1n) is 11.1. The van der Waals surface area contributed by atoms with Gasteiger partial charge in [0.25, 0.3) is 0 Å². The van der Waals surface area contributed by atoms with E-state index in [2.05, 4.69) is 77.0 Å². The molecule has 0 amide bonds. The number of piperazine rings is 1. The quantitative estimate of drug-likeness (QED) is 0.698. The Hall–Kier alpha value is -0.120. The lowest BCUT2D eigenvalue weighted by Gasteiger charge is -2.52. The van der Waals surface area contributed by atoms with Crippen LogP contribution in [0.3, 0.4) is 0 Å². The van der Waals surface area contributed by atoms with Crippen molar-refractivity contribution in [1.29, 1.82) is 0 Å². The van der Waals surface area contributed by atoms with Gasteiger partial charge in [0.1, 0.15) is 0 Å². The van der Waals surface area contributed by atoms with Crippen molar-refractivity contribution in [2.45, 2.75) is 98.2 Å². The Labute approximate surface area is 164 Å². The van der Waals surface area contributed by atoms with Gasteiger partial charge < -0.3 is 0 Å². The Kier molecular flexibility index (Phi) is 6.90. The molecule has 0 bridgehead atoms. The molecular formula is C23H47N3. The van der Waals surface area contributed by atoms with Gasteiger partial charge >= 0.3 is 0 Å². The van der Waals surface area contributed by atoms with Crippen LogP contribution in [0.4, 0.5) is 0 Å². The summed E-state index contributed by atoms with van der Waals surface area (Å²) in [6.07, 6.45) is 4.01. The molecule has 2 aliphatic heterocycles. The van der Waals surface area contributed by atoms with Gasteiger partial charge in [-0.1, -0.05) is 13.8 Å². The molecule has 0 unspecified atom stereocenters. The number of hydrogen-bond acceptors (Lipinski definition) is 3. The fourth-order valence-corrected chi connectivity index (χ4v) is 5.44. The molecule has 2 saturated heterocycles. The van der Waals surface area contributed by atoms with E-state index in [4.69, 9.17) is 0 Å². The molecule has 0 saturated carbocycles. The van der Waals surface area contributed by atoms with Crippen molar-refractivity contribution in [1.82, 2.24) is 14.7 Å². The zero-order valence-electron chi connectivity index (χ0n) is 19.4. The Morgan fingerprint density at radius 3 is 1.42 bits per heavy atom. The zero-order chi connectivity index (χ0) is 19.8. The van der Waals surface area contributed by atoms with Crippen LogP contribution in [0, 0.1) is 11.8 Å². The predicted molar refractivity (Wildman–Crippen MR) is 115 cm³/mol. The van der Waals surface area contributed by atoms with Crippen LogP contribution >= 0.6 is 0 Å². The van der Waals surface area contributed by atoms with Crippen molar-refractivity contribution in [2.75, 3.05) is 39.3 Å². The van der Waals surface area contributed by atoms with E-state index in [9.17, 15) is 0 Å². The van der Waals surface area contributed by atoms with Crippen LogP contribution in [0.1, 0.15) is 81.6 Å². The van der Waals surface area contributed by atoms with Crippen molar-refractivity contribution >= 4 is 0 Å². The van der Waals surface area contributed by atoms with Crippen LogP contribution in [0.5, 0.6) is 0 Å². The Bertz CT molecular complexity index is 431. The Morgan fingerprint density at radius 1 is 0.654 bits per heavy atom. The third-order valence-corrected chi connectivity index (χ3v) is 7.29. The normalized spacial score (nSPS) is 23.8. The largest absolute Gasteiger partial charge is 0.298 e. The SMILES string of the molecule is CC(C)C1CCN(C(C)(C)CC(C)(C)N2CCN(C(C)(C)C)CC2)CC1. The van der Waals surface area contributed by atoms with Gasteiger partial charge in [0.05, 0.1) is 0 Å². The first-order chi connectivity index (χ1) is 11.8. The summed E-state index contributed by atoms with van der Waals surface area (Å²) in [4.78, 5) is 8.16. The fraction of sp³-hybridized carbons (Fsp3) is 1.00. The highest BCUT2D eigenvalue weighted by Crippen LogP contribution is 2.35. The molecule has 0 aromatic carbocycles. The van der Waals surface area contributed by atoms with Crippen LogP contribution in [0.2, 0.25) is 0 Å². The smallest absolute Gasteiger partial charge is 0.0171 e. The second-order valence-corrected chi connectivity index (χ2v) is 11.5. The molecule has 0 aromatic heterocycles. The molecular weight excluding hydrogens is 318 g/mol. The second kappa shape index (κ2) is 8.09. The van der Waals surface area contributed by atoms with Crippen LogP contribution < -0.4 is 0 Å². The summed E-state index contributed by atoms with van der Waals surface area (Å²) in [6.45, 7) is 29.1. The maximum absolute atomic E-state index is 2.78. The summed E-state index contributed by atoms with van der Waals surface area (Å²) in [5.74, 6) is 1.77. The van der Waals surface area contributed by atoms with Gasteiger partial charge in [0.15, 0.2) is 0 Å². The van der Waals surface area contributed by atoms with Crippen LogP contribution in [0.15, 0.2) is 0 Å². The molecule has 0 spiro atoms. The molecule has 3 nitrogen and oxygen atoms in total. The van der Waals surface area contributed by atoms with E-state index in [0.29, 0.717) is 5.54 Å². The van der Waals surface area contributed by atoms with Gasteiger partial charge in [0.2, 0.25) is 0 Å². The number of likely N-dealkylation sites (tertiary alicyclic amines) is 1. The molecule has 0 radical (unpaired) electrons. The van der Waals surface area contributed by atoms with Crippen LogP contribution in [-0.4, -0.2) is 70.6 Å². The minimum atomic E-state index is 0.266. The standard InChI is InChI=1S/C23H47N3/c1-19(2)20-10-12-25(13-11-20)22(6,7)18-23(8,9)26-16-14-24(15-17-26)21(3,4)5/h19-20H,10-18H2,1-9H3. The molecule has 26 heavy (non-hydrogen) atoms. The van der Waals surface area contributed by atoms with Crippen molar-refractivity contribution in [3.8, 4) is 0 Å². The average Bonchev–Trinajstić information content (AvgIpc) is 2.53. The molecule has 0 N–H and O–H groups in total. The maximum atomic E-state index is 2.78. The molecule has 2 heterocycles. The third kappa shape index (κ3) is 5.45. The van der Waals surface area contributed by atoms with Crippen molar-refractivity contribution in [3.63, 3.8) is 0 Å². The lowest BCUT2D eigenvalue weighted by Crippen LogP contribution is -2.61. The first-order valence-corrected chi connectivity index (χ1v) is 11.1. The average molecular weight is 366 g/mol. The lowest BCUT2D eigenvalue weighted by atomic mass is 9.80. The zero-order valence-corrected chi connectivity index (χ0v) is 19.4. The molecule has 2 aliphatic rings. The Morgan fingerprint density at radius 2 is 1.04 bits per heavy atom. The molecule has 3 heteroatoms. The van der Waals surface area contributed by atoms with Gasteiger partial charge in [0, 0.05) is 42.8 Å². The van der Waals surface area contributed by atoms with Crippen molar-refractivity contribution in [3.05, 3.63) is 0 Å². The van der Waals surface area contributed by atoms with Crippen LogP contribution in [-0.2, 0) is 0 Å². The van der Waals surface area contributed by atoms with E-state index >= 15 is 0 Å². The van der Waals surface area contributed by atoms with Gasteiger partial charge in [-0.3, -0.25) is 14.7 Å². The molecule has 0 atom stereocenters. The molecule has 0 aliphatic carbocycles. The van der Waals surface area contributed by atoms with E-state index < -0.39 is 0 Å². The monoisotopic (exact) mass is 365 g/mol. The highest BCUT2D eigenvalue weighted by atomic mass is 15.3. The number of rotatable bonds is 5. The third-order valence-electron chi connectivity index (χ3n) is 7.29. The number of hydrogen-bond donors (Lipinski definition) is 0. The predicted octanol–water partition coefficient (Wildman–Crippen LogP) is 4.72. The fourth-order valence-electron chi connectivity index (χ4n) is 5.44. The minimum Gasteiger partial charge on any atom is -0.298 e. The van der Waals surface area contributed by atoms with E-state index in [-0.39, 0.29) is 11.1 Å². The molecule has 2 rings (SSSR count). The molecule has 154 valence electrons. The topological polar surface area (TPSA) is 9.72 Å². The molecule has 0 aromatic rings. The van der Waals surface area contributed by atoms with Gasteiger partial charge in [-0.2, -0.15) is 0 Å². The van der Waals surface area contributed by atoms with E-state index in [1.54, 1.807) is 0 Å². The van der Waals surface area contributed by atoms with Crippen molar-refractivity contribution in [2.24, 2.45) is 11.8 Å². The van der Waals surface area contributed by atoms with E-state index in [1.165, 1.54) is 58.5 Å². The van der Waals surface area contributed by atoms with E-state index in [0.717, 1.165) is 11.8 Å². The number of piperidine rings is 1. The summed E-state index contributed by atoms with van der Waals surface area (Å²) in [6, 6.07) is 0. The number of nitrogens with zero attached hydrogens (tertiary/aromatic N) is 3. The summed E-state index contributed by atoms with van der Waals surface area (Å²) < 4.78 is 0. The van der Waals surface area contributed by atoms with Gasteiger partial charge in [-0.15, -0.1) is 0 Å². The van der Waals surface area contributed by atoms with Gasteiger partial charge in [-0.05, 0) is 92.7 Å². The Balaban J connectivity index is 1.91. The molecule has 2 fully saturated rings. The van der Waals surface area contributed by atoms with Gasteiger partial charge in [-0.25, -0.2) is 0 Å². The second-order valence-electron chi connectivity index (χ2n) is 11.5. The maximum Gasteiger partial charge on any atom is 0.0171 e. The van der Waals surface area contributed by atoms with Crippen LogP contribution in [0.25, 0.3) is 0 Å². The highest BCUT2D eigenvalue weighted by molar-refractivity contribution is 4.96. The summed E-state index contributed by atoms with van der Waals surface area (Å²) in [5, 5.41) is 0. The summed E-state index contributed by atoms with van der Waals surface area (Å²) in [7, 11) is 0. The minimum absolute atomic E-state index is 0.266. The summed E-state index contributed by atoms with van der Waals surface area (Å²) >= 11 is 0. The first kappa shape index (κ1) is 22.2. The lowest BCUT2D eigenvalue weighted by molar-refractivity contribution is -0.0228. The van der Waals surface area contributed by atoms with E-state index in [1.807, 2.05) is 0 Å². The van der Waals surface area contributed by atoms with Crippen molar-refractivity contribution < 1.29 is 0 Å². The highest BCUT2D eigenvalue weighted by Gasteiger charge is 2.40.